The molecule has 0 aromatic carbocycles. The van der Waals surface area contributed by atoms with Crippen LogP contribution in [0.5, 0.6) is 0 Å². The van der Waals surface area contributed by atoms with Crippen LogP contribution in [0.4, 0.5) is 10.9 Å². The monoisotopic (exact) mass is 332 g/mol. The molecular weight excluding hydrogens is 312 g/mol. The number of aryl methyl sites for hydroxylation is 2. The van der Waals surface area contributed by atoms with Crippen LogP contribution in [0.2, 0.25) is 0 Å². The smallest absolute Gasteiger partial charge is 0.275 e. The molecule has 0 saturated heterocycles. The van der Waals surface area contributed by atoms with E-state index in [1.165, 1.54) is 21.9 Å². The summed E-state index contributed by atoms with van der Waals surface area (Å²) >= 11 is 1.34. The fourth-order valence-corrected chi connectivity index (χ4v) is 2.97. The predicted molar refractivity (Wildman–Crippen MR) is 91.5 cm³/mol. The van der Waals surface area contributed by atoms with E-state index >= 15 is 0 Å². The molecule has 3 heterocycles. The third-order valence-corrected chi connectivity index (χ3v) is 4.30. The van der Waals surface area contributed by atoms with Crippen molar-refractivity contribution in [3.05, 3.63) is 34.4 Å². The first kappa shape index (κ1) is 15.7. The van der Waals surface area contributed by atoms with Crippen LogP contribution in [0.15, 0.2) is 23.1 Å². The first-order valence-corrected chi connectivity index (χ1v) is 8.57. The molecule has 8 heteroatoms. The van der Waals surface area contributed by atoms with Gasteiger partial charge in [-0.15, -0.1) is 5.10 Å². The molecule has 0 amide bonds. The molecule has 0 spiro atoms. The third kappa shape index (κ3) is 3.58. The van der Waals surface area contributed by atoms with Gasteiger partial charge in [0.1, 0.15) is 0 Å². The number of hydrogen-bond donors (Lipinski definition) is 1. The van der Waals surface area contributed by atoms with Gasteiger partial charge >= 0.3 is 0 Å². The van der Waals surface area contributed by atoms with Crippen LogP contribution in [0.3, 0.4) is 0 Å². The minimum absolute atomic E-state index is 0.154. The predicted octanol–water partition coefficient (Wildman–Crippen LogP) is 2.70. The Balaban J connectivity index is 1.79. The molecule has 0 radical (unpaired) electrons. The van der Waals surface area contributed by atoms with Gasteiger partial charge in [-0.3, -0.25) is 9.48 Å². The Bertz CT molecular complexity index is 862. The summed E-state index contributed by atoms with van der Waals surface area (Å²) in [6, 6.07) is 3.43. The van der Waals surface area contributed by atoms with Crippen molar-refractivity contribution in [3.8, 4) is 0 Å². The van der Waals surface area contributed by atoms with Gasteiger partial charge in [0.25, 0.3) is 5.56 Å². The Kier molecular flexibility index (Phi) is 4.42. The summed E-state index contributed by atoms with van der Waals surface area (Å²) in [5, 5.41) is 12.5. The minimum Gasteiger partial charge on any atom is -0.313 e. The van der Waals surface area contributed by atoms with E-state index in [1.807, 2.05) is 23.9 Å². The Morgan fingerprint density at radius 1 is 1.35 bits per heavy atom. The highest BCUT2D eigenvalue weighted by Gasteiger charge is 2.09. The highest BCUT2D eigenvalue weighted by molar-refractivity contribution is 7.20. The molecule has 3 aromatic heterocycles. The summed E-state index contributed by atoms with van der Waals surface area (Å²) in [6.07, 6.45) is 3.76. The lowest BCUT2D eigenvalue weighted by molar-refractivity contribution is 0.488. The average molecular weight is 332 g/mol. The molecule has 1 N–H and O–H groups in total. The third-order valence-electron chi connectivity index (χ3n) is 3.47. The maximum Gasteiger partial charge on any atom is 0.275 e. The summed E-state index contributed by atoms with van der Waals surface area (Å²) in [4.78, 5) is 17.0. The molecule has 0 aliphatic heterocycles. The molecule has 3 rings (SSSR count). The Morgan fingerprint density at radius 2 is 2.17 bits per heavy atom. The topological polar surface area (TPSA) is 77.1 Å². The second-order valence-corrected chi connectivity index (χ2v) is 6.77. The van der Waals surface area contributed by atoms with Crippen LogP contribution in [0.1, 0.15) is 32.9 Å². The van der Waals surface area contributed by atoms with Crippen molar-refractivity contribution in [1.29, 1.82) is 0 Å². The molecule has 0 bridgehead atoms. The van der Waals surface area contributed by atoms with E-state index in [0.29, 0.717) is 16.0 Å². The fourth-order valence-electron chi connectivity index (χ4n) is 2.14. The lowest BCUT2D eigenvalue weighted by atomic mass is 10.1. The van der Waals surface area contributed by atoms with E-state index in [0.717, 1.165) is 30.9 Å². The number of hydrogen-bond acceptors (Lipinski definition) is 6. The quantitative estimate of drug-likeness (QED) is 0.751. The van der Waals surface area contributed by atoms with E-state index in [1.54, 1.807) is 0 Å². The highest BCUT2D eigenvalue weighted by atomic mass is 32.1. The van der Waals surface area contributed by atoms with Gasteiger partial charge in [-0.05, 0) is 18.8 Å². The van der Waals surface area contributed by atoms with E-state index in [9.17, 15) is 4.79 Å². The first-order chi connectivity index (χ1) is 11.0. The van der Waals surface area contributed by atoms with Crippen LogP contribution in [-0.4, -0.2) is 24.4 Å². The van der Waals surface area contributed by atoms with Crippen LogP contribution < -0.4 is 10.9 Å². The maximum atomic E-state index is 12.0. The van der Waals surface area contributed by atoms with Gasteiger partial charge in [-0.2, -0.15) is 9.61 Å². The largest absolute Gasteiger partial charge is 0.313 e. The first-order valence-electron chi connectivity index (χ1n) is 7.75. The average Bonchev–Trinajstić information content (AvgIpc) is 3.12. The molecule has 3 aromatic rings. The molecular formula is C15H20N6OS. The Morgan fingerprint density at radius 3 is 2.91 bits per heavy atom. The number of rotatable bonds is 6. The highest BCUT2D eigenvalue weighted by Crippen LogP contribution is 2.20. The number of fused-ring (bicyclic) bond motifs is 1. The summed E-state index contributed by atoms with van der Waals surface area (Å²) in [7, 11) is 0. The van der Waals surface area contributed by atoms with Crippen molar-refractivity contribution in [2.24, 2.45) is 5.92 Å². The number of aromatic nitrogens is 5. The minimum atomic E-state index is -0.154. The van der Waals surface area contributed by atoms with Gasteiger partial charge in [-0.1, -0.05) is 32.1 Å². The van der Waals surface area contributed by atoms with E-state index < -0.39 is 0 Å². The van der Waals surface area contributed by atoms with Gasteiger partial charge < -0.3 is 5.32 Å². The Hall–Kier alpha value is -2.22. The number of anilines is 2. The number of nitrogens with zero attached hydrogens (tertiary/aromatic N) is 5. The van der Waals surface area contributed by atoms with Gasteiger partial charge in [0.15, 0.2) is 5.82 Å². The maximum absolute atomic E-state index is 12.0. The lowest BCUT2D eigenvalue weighted by Crippen LogP contribution is -2.15. The standard InChI is InChI=1S/C15H20N6OS/c1-4-11-9-13(22)21-15(16-11)23-14(19-21)17-12-6-8-20(18-12)7-5-10(2)3/h6,8-10H,4-5,7H2,1-3H3,(H,17,18,19). The normalized spacial score (nSPS) is 11.5. The molecule has 0 aliphatic carbocycles. The van der Waals surface area contributed by atoms with Gasteiger partial charge in [0, 0.05) is 30.6 Å². The van der Waals surface area contributed by atoms with Crippen LogP contribution in [-0.2, 0) is 13.0 Å². The van der Waals surface area contributed by atoms with E-state index in [-0.39, 0.29) is 5.56 Å². The van der Waals surface area contributed by atoms with E-state index in [4.69, 9.17) is 0 Å². The van der Waals surface area contributed by atoms with E-state index in [2.05, 4.69) is 34.3 Å². The lowest BCUT2D eigenvalue weighted by Gasteiger charge is -2.04. The fraction of sp³-hybridized carbons (Fsp3) is 0.467. The second-order valence-electron chi connectivity index (χ2n) is 5.81. The molecule has 0 aliphatic rings. The summed E-state index contributed by atoms with van der Waals surface area (Å²) in [6.45, 7) is 7.25. The van der Waals surface area contributed by atoms with Crippen LogP contribution in [0, 0.1) is 5.92 Å². The summed E-state index contributed by atoms with van der Waals surface area (Å²) in [5.41, 5.74) is 0.627. The van der Waals surface area contributed by atoms with Crippen molar-refractivity contribution in [1.82, 2.24) is 24.4 Å². The summed E-state index contributed by atoms with van der Waals surface area (Å²) in [5.74, 6) is 1.36. The van der Waals surface area contributed by atoms with Gasteiger partial charge in [0.05, 0.1) is 0 Å². The van der Waals surface area contributed by atoms with Crippen molar-refractivity contribution >= 4 is 27.2 Å². The van der Waals surface area contributed by atoms with Crippen molar-refractivity contribution in [3.63, 3.8) is 0 Å². The zero-order valence-corrected chi connectivity index (χ0v) is 14.3. The zero-order valence-electron chi connectivity index (χ0n) is 13.5. The SMILES string of the molecule is CCc1cc(=O)n2nc(Nc3ccn(CCC(C)C)n3)sc2n1. The van der Waals surface area contributed by atoms with Crippen molar-refractivity contribution < 1.29 is 0 Å². The summed E-state index contributed by atoms with van der Waals surface area (Å²) < 4.78 is 3.23. The second kappa shape index (κ2) is 6.49. The Labute approximate surface area is 138 Å². The molecule has 23 heavy (non-hydrogen) atoms. The van der Waals surface area contributed by atoms with Crippen molar-refractivity contribution in [2.45, 2.75) is 40.2 Å². The molecule has 122 valence electrons. The molecule has 0 fully saturated rings. The molecule has 0 saturated carbocycles. The van der Waals surface area contributed by atoms with Gasteiger partial charge in [0.2, 0.25) is 10.1 Å². The molecule has 7 nitrogen and oxygen atoms in total. The molecule has 0 atom stereocenters. The number of nitrogens with one attached hydrogen (secondary N) is 1. The van der Waals surface area contributed by atoms with Crippen LogP contribution in [0.25, 0.3) is 4.96 Å². The van der Waals surface area contributed by atoms with Crippen molar-refractivity contribution in [2.75, 3.05) is 5.32 Å². The molecule has 0 unspecified atom stereocenters. The zero-order chi connectivity index (χ0) is 16.4. The van der Waals surface area contributed by atoms with Crippen LogP contribution >= 0.6 is 11.3 Å². The van der Waals surface area contributed by atoms with Gasteiger partial charge in [-0.25, -0.2) is 4.98 Å².